The van der Waals surface area contributed by atoms with Crippen LogP contribution in [-0.2, 0) is 4.08 Å². The lowest BCUT2D eigenvalue weighted by Crippen LogP contribution is -2.26. The Morgan fingerprint density at radius 2 is 1.41 bits per heavy atom. The quantitative estimate of drug-likeness (QED) is 0.649. The fourth-order valence-corrected chi connectivity index (χ4v) is 6.29. The molecule has 22 heavy (non-hydrogen) atoms. The number of benzene rings is 1. The predicted molar refractivity (Wildman–Crippen MR) is 96.7 cm³/mol. The van der Waals surface area contributed by atoms with Crippen molar-refractivity contribution >= 4 is 23.5 Å². The number of ether oxygens (including phenoxy) is 2. The molecule has 0 amide bonds. The minimum Gasteiger partial charge on any atom is -0.497 e. The van der Waals surface area contributed by atoms with Crippen LogP contribution in [0, 0.1) is 5.92 Å². The summed E-state index contributed by atoms with van der Waals surface area (Å²) in [5.74, 6) is 2.47. The van der Waals surface area contributed by atoms with E-state index in [2.05, 4.69) is 22.9 Å². The first-order valence-electron chi connectivity index (χ1n) is 8.02. The van der Waals surface area contributed by atoms with E-state index in [1.54, 1.807) is 14.2 Å². The molecular formula is C18H24O2S2. The van der Waals surface area contributed by atoms with Gasteiger partial charge in [-0.3, -0.25) is 0 Å². The van der Waals surface area contributed by atoms with E-state index in [1.165, 1.54) is 44.1 Å². The molecule has 1 saturated carbocycles. The van der Waals surface area contributed by atoms with Crippen molar-refractivity contribution in [3.05, 3.63) is 34.6 Å². The Kier molecular flexibility index (Phi) is 5.29. The lowest BCUT2D eigenvalue weighted by Gasteiger charge is -2.36. The lowest BCUT2D eigenvalue weighted by atomic mass is 9.91. The maximum atomic E-state index is 5.50. The van der Waals surface area contributed by atoms with Crippen LogP contribution >= 0.6 is 23.5 Å². The van der Waals surface area contributed by atoms with E-state index in [1.807, 2.05) is 29.6 Å². The second kappa shape index (κ2) is 7.22. The van der Waals surface area contributed by atoms with E-state index in [4.69, 9.17) is 9.47 Å². The normalized spacial score (nSPS) is 21.5. The highest BCUT2D eigenvalue weighted by atomic mass is 32.2. The number of hydrogen-bond donors (Lipinski definition) is 0. The zero-order valence-corrected chi connectivity index (χ0v) is 15.0. The zero-order valence-electron chi connectivity index (χ0n) is 13.3. The first-order valence-corrected chi connectivity index (χ1v) is 9.78. The fourth-order valence-electron chi connectivity index (χ4n) is 3.52. The molecule has 0 radical (unpaired) electrons. The minimum atomic E-state index is 0.0894. The van der Waals surface area contributed by atoms with E-state index < -0.39 is 0 Å². The van der Waals surface area contributed by atoms with Gasteiger partial charge in [0.05, 0.1) is 18.3 Å². The summed E-state index contributed by atoms with van der Waals surface area (Å²) in [7, 11) is 3.45. The summed E-state index contributed by atoms with van der Waals surface area (Å²) in [6.45, 7) is 0. The molecule has 1 aromatic carbocycles. The summed E-state index contributed by atoms with van der Waals surface area (Å²) in [4.78, 5) is 0. The van der Waals surface area contributed by atoms with Crippen molar-refractivity contribution < 1.29 is 9.47 Å². The molecule has 1 aliphatic carbocycles. The molecule has 2 aliphatic rings. The Labute approximate surface area is 142 Å². The van der Waals surface area contributed by atoms with Crippen LogP contribution in [0.4, 0.5) is 0 Å². The Bertz CT molecular complexity index is 504. The molecule has 1 fully saturated rings. The van der Waals surface area contributed by atoms with Gasteiger partial charge in [0.15, 0.2) is 0 Å². The van der Waals surface area contributed by atoms with Crippen LogP contribution in [0.3, 0.4) is 0 Å². The van der Waals surface area contributed by atoms with Crippen molar-refractivity contribution in [2.45, 2.75) is 42.6 Å². The average molecular weight is 337 g/mol. The van der Waals surface area contributed by atoms with Crippen LogP contribution in [0.5, 0.6) is 11.5 Å². The van der Waals surface area contributed by atoms with Gasteiger partial charge in [-0.2, -0.15) is 0 Å². The monoisotopic (exact) mass is 336 g/mol. The van der Waals surface area contributed by atoms with Gasteiger partial charge in [0.25, 0.3) is 0 Å². The molecule has 0 aromatic heterocycles. The summed E-state index contributed by atoms with van der Waals surface area (Å²) in [5.41, 5.74) is 1.33. The van der Waals surface area contributed by atoms with Crippen LogP contribution < -0.4 is 9.47 Å². The maximum absolute atomic E-state index is 5.50. The third-order valence-electron chi connectivity index (χ3n) is 4.69. The predicted octanol–water partition coefficient (Wildman–Crippen LogP) is 5.78. The Balaban J connectivity index is 1.99. The number of thioether (sulfide) groups is 2. The van der Waals surface area contributed by atoms with Gasteiger partial charge in [-0.05, 0) is 47.3 Å². The van der Waals surface area contributed by atoms with E-state index in [-0.39, 0.29) is 4.08 Å². The molecule has 1 heterocycles. The molecule has 0 unspecified atom stereocenters. The first kappa shape index (κ1) is 16.1. The second-order valence-corrected chi connectivity index (χ2v) is 8.53. The number of methoxy groups -OCH3 is 2. The first-order chi connectivity index (χ1) is 10.8. The maximum Gasteiger partial charge on any atom is 0.122 e. The van der Waals surface area contributed by atoms with Gasteiger partial charge in [0.1, 0.15) is 11.5 Å². The highest BCUT2D eigenvalue weighted by Gasteiger charge is 2.43. The van der Waals surface area contributed by atoms with E-state index in [0.29, 0.717) is 5.92 Å². The molecular weight excluding hydrogens is 312 g/mol. The molecule has 1 aromatic rings. The van der Waals surface area contributed by atoms with Gasteiger partial charge in [-0.15, -0.1) is 23.5 Å². The fraction of sp³-hybridized carbons (Fsp3) is 0.556. The van der Waals surface area contributed by atoms with Crippen molar-refractivity contribution in [2.24, 2.45) is 5.92 Å². The highest BCUT2D eigenvalue weighted by Crippen LogP contribution is 2.60. The average Bonchev–Trinajstić information content (AvgIpc) is 2.91. The van der Waals surface area contributed by atoms with Gasteiger partial charge >= 0.3 is 0 Å². The summed E-state index contributed by atoms with van der Waals surface area (Å²) in [5, 5.41) is 4.50. The van der Waals surface area contributed by atoms with Gasteiger partial charge < -0.3 is 9.47 Å². The standard InChI is InChI=1S/C18H24O2S2/c1-19-16-11-15(12-17(13-16)20-2)18(21-9-10-22-18)14-7-5-3-4-6-8-14/h9-14H,3-8H2,1-2H3. The van der Waals surface area contributed by atoms with Crippen molar-refractivity contribution in [3.63, 3.8) is 0 Å². The molecule has 0 N–H and O–H groups in total. The molecule has 2 nitrogen and oxygen atoms in total. The molecule has 0 saturated heterocycles. The molecule has 0 atom stereocenters. The summed E-state index contributed by atoms with van der Waals surface area (Å²) in [6, 6.07) is 6.35. The Hall–Kier alpha value is -0.740. The minimum absolute atomic E-state index is 0.0894. The highest BCUT2D eigenvalue weighted by molar-refractivity contribution is 8.22. The summed E-state index contributed by atoms with van der Waals surface area (Å²) < 4.78 is 11.1. The van der Waals surface area contributed by atoms with Crippen LogP contribution in [0.15, 0.2) is 29.0 Å². The van der Waals surface area contributed by atoms with E-state index >= 15 is 0 Å². The molecule has 0 spiro atoms. The van der Waals surface area contributed by atoms with Gasteiger partial charge in [-0.25, -0.2) is 0 Å². The third-order valence-corrected chi connectivity index (χ3v) is 7.82. The van der Waals surface area contributed by atoms with Crippen LogP contribution in [-0.4, -0.2) is 14.2 Å². The Morgan fingerprint density at radius 1 is 0.864 bits per heavy atom. The smallest absolute Gasteiger partial charge is 0.122 e. The summed E-state index contributed by atoms with van der Waals surface area (Å²) >= 11 is 3.94. The Morgan fingerprint density at radius 3 is 1.91 bits per heavy atom. The molecule has 0 bridgehead atoms. The zero-order chi connectivity index (χ0) is 15.4. The largest absolute Gasteiger partial charge is 0.497 e. The van der Waals surface area contributed by atoms with Crippen LogP contribution in [0.25, 0.3) is 0 Å². The van der Waals surface area contributed by atoms with Crippen molar-refractivity contribution in [2.75, 3.05) is 14.2 Å². The second-order valence-electron chi connectivity index (χ2n) is 5.97. The molecule has 120 valence electrons. The van der Waals surface area contributed by atoms with Crippen LogP contribution in [0.2, 0.25) is 0 Å². The van der Waals surface area contributed by atoms with Gasteiger partial charge in [0, 0.05) is 6.07 Å². The van der Waals surface area contributed by atoms with E-state index in [9.17, 15) is 0 Å². The van der Waals surface area contributed by atoms with Gasteiger partial charge in [0.2, 0.25) is 0 Å². The summed E-state index contributed by atoms with van der Waals surface area (Å²) in [6.07, 6.45) is 8.12. The van der Waals surface area contributed by atoms with Crippen LogP contribution in [0.1, 0.15) is 44.1 Å². The molecule has 4 heteroatoms. The van der Waals surface area contributed by atoms with E-state index in [0.717, 1.165) is 11.5 Å². The van der Waals surface area contributed by atoms with Crippen molar-refractivity contribution in [1.82, 2.24) is 0 Å². The number of rotatable bonds is 4. The topological polar surface area (TPSA) is 18.5 Å². The third kappa shape index (κ3) is 3.13. The van der Waals surface area contributed by atoms with Crippen molar-refractivity contribution in [3.8, 4) is 11.5 Å². The van der Waals surface area contributed by atoms with Gasteiger partial charge in [-0.1, -0.05) is 25.7 Å². The number of hydrogen-bond acceptors (Lipinski definition) is 4. The molecule has 1 aliphatic heterocycles. The van der Waals surface area contributed by atoms with Crippen molar-refractivity contribution in [1.29, 1.82) is 0 Å². The lowest BCUT2D eigenvalue weighted by molar-refractivity contribution is 0.388. The SMILES string of the molecule is COc1cc(OC)cc(C2(C3CCCCCC3)SC=CS2)c1. The molecule has 3 rings (SSSR count).